The Labute approximate surface area is 109 Å². The van der Waals surface area contributed by atoms with E-state index in [1.807, 2.05) is 12.1 Å². The van der Waals surface area contributed by atoms with Gasteiger partial charge >= 0.3 is 0 Å². The average Bonchev–Trinajstić information content (AvgIpc) is 2.86. The first-order valence-corrected chi connectivity index (χ1v) is 7.00. The van der Waals surface area contributed by atoms with E-state index in [2.05, 4.69) is 17.0 Å². The molecule has 1 aliphatic heterocycles. The molecule has 1 aliphatic rings. The maximum atomic E-state index is 9.52. The number of aliphatic hydroxyl groups is 1. The lowest BCUT2D eigenvalue weighted by atomic mass is 10.2. The molecule has 3 rings (SSSR count). The maximum absolute atomic E-state index is 9.52. The maximum Gasteiger partial charge on any atom is 0.0679 e. The van der Waals surface area contributed by atoms with Crippen molar-refractivity contribution in [1.82, 2.24) is 4.90 Å². The van der Waals surface area contributed by atoms with E-state index < -0.39 is 0 Å². The second-order valence-electron chi connectivity index (χ2n) is 4.51. The fourth-order valence-electron chi connectivity index (χ4n) is 2.33. The molecular formula is C13H14ClNOS. The van der Waals surface area contributed by atoms with Crippen molar-refractivity contribution in [2.45, 2.75) is 19.1 Å². The molecule has 0 spiro atoms. The molecular weight excluding hydrogens is 254 g/mol. The van der Waals surface area contributed by atoms with Crippen molar-refractivity contribution in [3.63, 3.8) is 0 Å². The summed E-state index contributed by atoms with van der Waals surface area (Å²) >= 11 is 8.15. The lowest BCUT2D eigenvalue weighted by Gasteiger charge is -2.13. The van der Waals surface area contributed by atoms with Gasteiger partial charge in [0, 0.05) is 34.6 Å². The first-order valence-electron chi connectivity index (χ1n) is 5.80. The van der Waals surface area contributed by atoms with Crippen LogP contribution in [0.3, 0.4) is 0 Å². The molecule has 1 N–H and O–H groups in total. The predicted molar refractivity (Wildman–Crippen MR) is 72.7 cm³/mol. The number of rotatable bonds is 2. The van der Waals surface area contributed by atoms with E-state index in [4.69, 9.17) is 11.6 Å². The summed E-state index contributed by atoms with van der Waals surface area (Å²) in [5, 5.41) is 11.5. The monoisotopic (exact) mass is 267 g/mol. The molecule has 0 amide bonds. The minimum atomic E-state index is -0.164. The molecule has 1 aromatic heterocycles. The highest BCUT2D eigenvalue weighted by Crippen LogP contribution is 2.36. The molecule has 1 saturated heterocycles. The summed E-state index contributed by atoms with van der Waals surface area (Å²) in [6, 6.07) is 8.23. The molecule has 0 aliphatic carbocycles. The lowest BCUT2D eigenvalue weighted by Crippen LogP contribution is -2.21. The standard InChI is InChI=1S/C13H14ClNOS/c14-13-10-3-1-2-4-11(10)17-12(13)8-15-6-5-9(16)7-15/h1-4,9,16H,5-8H2. The van der Waals surface area contributed by atoms with Gasteiger partial charge in [0.2, 0.25) is 0 Å². The van der Waals surface area contributed by atoms with Gasteiger partial charge in [-0.2, -0.15) is 0 Å². The van der Waals surface area contributed by atoms with Crippen molar-refractivity contribution in [2.75, 3.05) is 13.1 Å². The number of likely N-dealkylation sites (tertiary alicyclic amines) is 1. The van der Waals surface area contributed by atoms with Crippen LogP contribution in [0.15, 0.2) is 24.3 Å². The van der Waals surface area contributed by atoms with Gasteiger partial charge in [-0.05, 0) is 12.5 Å². The molecule has 0 saturated carbocycles. The average molecular weight is 268 g/mol. The largest absolute Gasteiger partial charge is 0.392 e. The number of nitrogens with zero attached hydrogens (tertiary/aromatic N) is 1. The summed E-state index contributed by atoms with van der Waals surface area (Å²) in [4.78, 5) is 3.48. The Balaban J connectivity index is 1.88. The smallest absolute Gasteiger partial charge is 0.0679 e. The first kappa shape index (κ1) is 11.5. The number of aliphatic hydroxyl groups excluding tert-OH is 1. The highest BCUT2D eigenvalue weighted by atomic mass is 35.5. The van der Waals surface area contributed by atoms with E-state index in [9.17, 15) is 5.11 Å². The zero-order valence-electron chi connectivity index (χ0n) is 9.40. The predicted octanol–water partition coefficient (Wildman–Crippen LogP) is 3.12. The van der Waals surface area contributed by atoms with Crippen LogP contribution in [0, 0.1) is 0 Å². The van der Waals surface area contributed by atoms with E-state index >= 15 is 0 Å². The second-order valence-corrected chi connectivity index (χ2v) is 6.03. The number of fused-ring (bicyclic) bond motifs is 1. The highest BCUT2D eigenvalue weighted by molar-refractivity contribution is 7.19. The molecule has 2 nitrogen and oxygen atoms in total. The van der Waals surface area contributed by atoms with E-state index in [0.717, 1.165) is 36.5 Å². The number of hydrogen-bond donors (Lipinski definition) is 1. The Hall–Kier alpha value is -0.610. The van der Waals surface area contributed by atoms with E-state index in [-0.39, 0.29) is 6.10 Å². The number of halogens is 1. The minimum absolute atomic E-state index is 0.164. The molecule has 17 heavy (non-hydrogen) atoms. The Morgan fingerprint density at radius 2 is 2.24 bits per heavy atom. The van der Waals surface area contributed by atoms with E-state index in [0.29, 0.717) is 0 Å². The Kier molecular flexibility index (Phi) is 3.09. The van der Waals surface area contributed by atoms with Crippen LogP contribution in [-0.2, 0) is 6.54 Å². The van der Waals surface area contributed by atoms with Crippen LogP contribution in [0.1, 0.15) is 11.3 Å². The summed E-state index contributed by atoms with van der Waals surface area (Å²) in [6.45, 7) is 2.59. The van der Waals surface area contributed by atoms with Gasteiger partial charge < -0.3 is 5.11 Å². The van der Waals surface area contributed by atoms with Gasteiger partial charge in [0.05, 0.1) is 11.1 Å². The third-order valence-electron chi connectivity index (χ3n) is 3.22. The highest BCUT2D eigenvalue weighted by Gasteiger charge is 2.22. The van der Waals surface area contributed by atoms with Crippen molar-refractivity contribution >= 4 is 33.0 Å². The first-order chi connectivity index (χ1) is 8.24. The van der Waals surface area contributed by atoms with Gasteiger partial charge in [0.1, 0.15) is 0 Å². The van der Waals surface area contributed by atoms with Crippen LogP contribution >= 0.6 is 22.9 Å². The summed E-state index contributed by atoms with van der Waals surface area (Å²) < 4.78 is 1.24. The Morgan fingerprint density at radius 1 is 1.41 bits per heavy atom. The van der Waals surface area contributed by atoms with Crippen molar-refractivity contribution in [2.24, 2.45) is 0 Å². The fourth-order valence-corrected chi connectivity index (χ4v) is 3.86. The number of hydrogen-bond acceptors (Lipinski definition) is 3. The van der Waals surface area contributed by atoms with Gasteiger partial charge in [-0.3, -0.25) is 4.90 Å². The normalized spacial score (nSPS) is 21.4. The number of β-amino-alcohol motifs (C(OH)–C–C–N with tert-alkyl or cyclic N) is 1. The van der Waals surface area contributed by atoms with Gasteiger partial charge in [-0.25, -0.2) is 0 Å². The van der Waals surface area contributed by atoms with Crippen molar-refractivity contribution in [3.05, 3.63) is 34.2 Å². The topological polar surface area (TPSA) is 23.5 Å². The molecule has 1 fully saturated rings. The molecule has 2 heterocycles. The van der Waals surface area contributed by atoms with Crippen LogP contribution < -0.4 is 0 Å². The molecule has 1 aromatic carbocycles. The molecule has 2 aromatic rings. The van der Waals surface area contributed by atoms with Crippen LogP contribution in [0.25, 0.3) is 10.1 Å². The number of benzene rings is 1. The van der Waals surface area contributed by atoms with Gasteiger partial charge in [0.25, 0.3) is 0 Å². The minimum Gasteiger partial charge on any atom is -0.392 e. The van der Waals surface area contributed by atoms with Crippen molar-refractivity contribution < 1.29 is 5.11 Å². The summed E-state index contributed by atoms with van der Waals surface area (Å²) in [5.41, 5.74) is 0. The molecule has 1 atom stereocenters. The SMILES string of the molecule is OC1CCN(Cc2sc3ccccc3c2Cl)C1. The lowest BCUT2D eigenvalue weighted by molar-refractivity contribution is 0.175. The zero-order valence-corrected chi connectivity index (χ0v) is 11.0. The molecule has 0 radical (unpaired) electrons. The molecule has 1 unspecified atom stereocenters. The van der Waals surface area contributed by atoms with Crippen LogP contribution in [0.2, 0.25) is 5.02 Å². The molecule has 90 valence electrons. The zero-order chi connectivity index (χ0) is 11.8. The number of thiophene rings is 1. The summed E-state index contributed by atoms with van der Waals surface area (Å²) in [7, 11) is 0. The van der Waals surface area contributed by atoms with Gasteiger partial charge in [0.15, 0.2) is 0 Å². The van der Waals surface area contributed by atoms with E-state index in [1.165, 1.54) is 9.58 Å². The third-order valence-corrected chi connectivity index (χ3v) is 4.92. The fraction of sp³-hybridized carbons (Fsp3) is 0.385. The Bertz CT molecular complexity index is 539. The quantitative estimate of drug-likeness (QED) is 0.904. The molecule has 0 bridgehead atoms. The van der Waals surface area contributed by atoms with Crippen LogP contribution in [0.5, 0.6) is 0 Å². The molecule has 4 heteroatoms. The van der Waals surface area contributed by atoms with Gasteiger partial charge in [-0.1, -0.05) is 29.8 Å². The van der Waals surface area contributed by atoms with Crippen molar-refractivity contribution in [1.29, 1.82) is 0 Å². The van der Waals surface area contributed by atoms with Crippen molar-refractivity contribution in [3.8, 4) is 0 Å². The van der Waals surface area contributed by atoms with Gasteiger partial charge in [-0.15, -0.1) is 11.3 Å². The van der Waals surface area contributed by atoms with Crippen LogP contribution in [0.4, 0.5) is 0 Å². The Morgan fingerprint density at radius 3 is 2.94 bits per heavy atom. The summed E-state index contributed by atoms with van der Waals surface area (Å²) in [5.74, 6) is 0. The summed E-state index contributed by atoms with van der Waals surface area (Å²) in [6.07, 6.45) is 0.714. The van der Waals surface area contributed by atoms with E-state index in [1.54, 1.807) is 11.3 Å². The second kappa shape index (κ2) is 4.58. The van der Waals surface area contributed by atoms with Crippen LogP contribution in [-0.4, -0.2) is 29.2 Å². The third kappa shape index (κ3) is 2.20.